The summed E-state index contributed by atoms with van der Waals surface area (Å²) in [7, 11) is 0. The lowest BCUT2D eigenvalue weighted by atomic mass is 9.97. The summed E-state index contributed by atoms with van der Waals surface area (Å²) in [6, 6.07) is 19.0. The fourth-order valence-corrected chi connectivity index (χ4v) is 4.49. The number of hydrogen-bond acceptors (Lipinski definition) is 3. The van der Waals surface area contributed by atoms with Crippen LogP contribution >= 0.6 is 0 Å². The van der Waals surface area contributed by atoms with Gasteiger partial charge in [0.05, 0.1) is 17.7 Å². The van der Waals surface area contributed by atoms with Crippen molar-refractivity contribution in [2.24, 2.45) is 5.73 Å². The summed E-state index contributed by atoms with van der Waals surface area (Å²) in [5.74, 6) is -1.42. The molecule has 3 aromatic rings. The molecule has 32 heavy (non-hydrogen) atoms. The van der Waals surface area contributed by atoms with Crippen LogP contribution in [0.1, 0.15) is 56.7 Å². The van der Waals surface area contributed by atoms with E-state index in [0.717, 1.165) is 5.56 Å². The van der Waals surface area contributed by atoms with Gasteiger partial charge >= 0.3 is 0 Å². The van der Waals surface area contributed by atoms with Crippen molar-refractivity contribution in [3.63, 3.8) is 0 Å². The van der Waals surface area contributed by atoms with Gasteiger partial charge in [-0.1, -0.05) is 42.5 Å². The predicted octanol–water partition coefficient (Wildman–Crippen LogP) is 4.36. The van der Waals surface area contributed by atoms with Gasteiger partial charge in [0, 0.05) is 5.56 Å². The Hall–Kier alpha value is -3.98. The van der Waals surface area contributed by atoms with Gasteiger partial charge in [-0.25, -0.2) is 4.39 Å². The van der Waals surface area contributed by atoms with Crippen LogP contribution in [0, 0.1) is 24.1 Å². The number of rotatable bonds is 5. The molecule has 5 nitrogen and oxygen atoms in total. The number of halogens is 1. The minimum atomic E-state index is -1.05. The molecule has 160 valence electrons. The maximum atomic E-state index is 14.7. The van der Waals surface area contributed by atoms with Crippen molar-refractivity contribution in [2.75, 3.05) is 0 Å². The van der Waals surface area contributed by atoms with Crippen molar-refractivity contribution >= 4 is 11.8 Å². The molecule has 0 fully saturated rings. The molecule has 0 aliphatic heterocycles. The monoisotopic (exact) mass is 427 g/mol. The van der Waals surface area contributed by atoms with Gasteiger partial charge < -0.3 is 10.6 Å². The fraction of sp³-hybridized carbons (Fsp3) is 0.192. The van der Waals surface area contributed by atoms with Gasteiger partial charge in [-0.05, 0) is 66.3 Å². The van der Waals surface area contributed by atoms with Crippen LogP contribution in [0.25, 0.3) is 0 Å². The number of primary amides is 1. The lowest BCUT2D eigenvalue weighted by molar-refractivity contribution is -0.123. The van der Waals surface area contributed by atoms with E-state index in [-0.39, 0.29) is 11.4 Å². The second-order valence-corrected chi connectivity index (χ2v) is 7.99. The van der Waals surface area contributed by atoms with E-state index in [1.54, 1.807) is 49.4 Å². The standard InChI is InChI=1S/C26H22FN3O2/c1-16-12-21-20(22(27)13-16)10-11-23(21)30(24(25(29)31)18-7-3-2-4-8-18)26(32)19-9-5-6-17(14-19)15-28/h2-9,12-14,23-24H,10-11H2,1H3,(H2,29,31)/t23-,24-/m1/s1. The Morgan fingerprint density at radius 3 is 2.56 bits per heavy atom. The van der Waals surface area contributed by atoms with E-state index >= 15 is 0 Å². The SMILES string of the molecule is Cc1cc(F)c2c(c1)[C@H](N(C(=O)c1cccc(C#N)c1)[C@@H](C(N)=O)c1ccccc1)CC2. The van der Waals surface area contributed by atoms with Gasteiger partial charge in [0.1, 0.15) is 11.9 Å². The Kier molecular flexibility index (Phi) is 5.74. The molecule has 0 saturated carbocycles. The van der Waals surface area contributed by atoms with Crippen LogP contribution in [0.3, 0.4) is 0 Å². The predicted molar refractivity (Wildman–Crippen MR) is 118 cm³/mol. The molecule has 2 atom stereocenters. The summed E-state index contributed by atoms with van der Waals surface area (Å²) in [6.45, 7) is 1.80. The molecule has 6 heteroatoms. The van der Waals surface area contributed by atoms with Crippen LogP contribution in [-0.2, 0) is 11.2 Å². The van der Waals surface area contributed by atoms with E-state index in [1.165, 1.54) is 17.0 Å². The number of fused-ring (bicyclic) bond motifs is 1. The first-order valence-corrected chi connectivity index (χ1v) is 10.4. The molecule has 1 aliphatic rings. The highest BCUT2D eigenvalue weighted by Gasteiger charge is 2.40. The highest BCUT2D eigenvalue weighted by Crippen LogP contribution is 2.42. The maximum Gasteiger partial charge on any atom is 0.255 e. The van der Waals surface area contributed by atoms with Crippen molar-refractivity contribution in [3.05, 3.63) is 106 Å². The van der Waals surface area contributed by atoms with E-state index in [4.69, 9.17) is 5.73 Å². The van der Waals surface area contributed by atoms with Crippen LogP contribution in [0.5, 0.6) is 0 Å². The summed E-state index contributed by atoms with van der Waals surface area (Å²) < 4.78 is 14.7. The third kappa shape index (κ3) is 3.85. The molecular formula is C26H22FN3O2. The van der Waals surface area contributed by atoms with Crippen LogP contribution in [0.15, 0.2) is 66.7 Å². The number of amides is 2. The Morgan fingerprint density at radius 1 is 1.12 bits per heavy atom. The van der Waals surface area contributed by atoms with Gasteiger partial charge in [0.2, 0.25) is 5.91 Å². The number of carbonyl (C=O) groups is 2. The quantitative estimate of drug-likeness (QED) is 0.656. The number of hydrogen-bond donors (Lipinski definition) is 1. The highest BCUT2D eigenvalue weighted by atomic mass is 19.1. The fourth-order valence-electron chi connectivity index (χ4n) is 4.49. The molecule has 0 aromatic heterocycles. The third-order valence-electron chi connectivity index (χ3n) is 5.87. The van der Waals surface area contributed by atoms with Gasteiger partial charge in [0.25, 0.3) is 5.91 Å². The lowest BCUT2D eigenvalue weighted by Gasteiger charge is -2.36. The Bertz CT molecular complexity index is 1230. The zero-order valence-corrected chi connectivity index (χ0v) is 17.6. The summed E-state index contributed by atoms with van der Waals surface area (Å²) in [5.41, 5.74) is 8.99. The van der Waals surface area contributed by atoms with Crippen LogP contribution < -0.4 is 5.73 Å². The summed E-state index contributed by atoms with van der Waals surface area (Å²) in [6.07, 6.45) is 0.921. The molecule has 1 aliphatic carbocycles. The summed E-state index contributed by atoms with van der Waals surface area (Å²) >= 11 is 0. The zero-order chi connectivity index (χ0) is 22.8. The molecule has 2 amide bonds. The van der Waals surface area contributed by atoms with Crippen molar-refractivity contribution < 1.29 is 14.0 Å². The number of nitrogens with zero attached hydrogens (tertiary/aromatic N) is 2. The van der Waals surface area contributed by atoms with Crippen molar-refractivity contribution in [3.8, 4) is 6.07 Å². The molecule has 0 heterocycles. The topological polar surface area (TPSA) is 87.2 Å². The molecule has 0 spiro atoms. The van der Waals surface area contributed by atoms with Crippen molar-refractivity contribution in [1.82, 2.24) is 4.90 Å². The Labute approximate surface area is 185 Å². The van der Waals surface area contributed by atoms with E-state index in [0.29, 0.717) is 35.1 Å². The van der Waals surface area contributed by atoms with E-state index in [9.17, 15) is 19.2 Å². The first-order valence-electron chi connectivity index (χ1n) is 10.4. The number of benzene rings is 3. The molecule has 0 saturated heterocycles. The smallest absolute Gasteiger partial charge is 0.255 e. The van der Waals surface area contributed by atoms with Crippen LogP contribution in [0.2, 0.25) is 0 Å². The second-order valence-electron chi connectivity index (χ2n) is 7.99. The number of nitriles is 1. The summed E-state index contributed by atoms with van der Waals surface area (Å²) in [4.78, 5) is 28.0. The first-order chi connectivity index (χ1) is 15.4. The lowest BCUT2D eigenvalue weighted by Crippen LogP contribution is -2.43. The molecule has 0 bridgehead atoms. The largest absolute Gasteiger partial charge is 0.368 e. The molecule has 4 rings (SSSR count). The molecule has 2 N–H and O–H groups in total. The van der Waals surface area contributed by atoms with Gasteiger partial charge in [-0.2, -0.15) is 5.26 Å². The van der Waals surface area contributed by atoms with E-state index in [2.05, 4.69) is 0 Å². The van der Waals surface area contributed by atoms with Gasteiger partial charge in [0.15, 0.2) is 0 Å². The van der Waals surface area contributed by atoms with Crippen LogP contribution in [0.4, 0.5) is 4.39 Å². The normalized spacial score (nSPS) is 15.5. The van der Waals surface area contributed by atoms with Crippen LogP contribution in [-0.4, -0.2) is 16.7 Å². The maximum absolute atomic E-state index is 14.7. The Balaban J connectivity index is 1.89. The van der Waals surface area contributed by atoms with Crippen molar-refractivity contribution in [1.29, 1.82) is 5.26 Å². The number of nitrogens with two attached hydrogens (primary N) is 1. The van der Waals surface area contributed by atoms with E-state index < -0.39 is 23.9 Å². The number of carbonyl (C=O) groups excluding carboxylic acids is 2. The van der Waals surface area contributed by atoms with Gasteiger partial charge in [-0.15, -0.1) is 0 Å². The molecular weight excluding hydrogens is 405 g/mol. The third-order valence-corrected chi connectivity index (χ3v) is 5.87. The zero-order valence-electron chi connectivity index (χ0n) is 17.6. The second kappa shape index (κ2) is 8.64. The average molecular weight is 427 g/mol. The molecule has 0 unspecified atom stereocenters. The number of aryl methyl sites for hydroxylation is 1. The first kappa shape index (κ1) is 21.3. The summed E-state index contributed by atoms with van der Waals surface area (Å²) in [5, 5.41) is 9.27. The minimum absolute atomic E-state index is 0.271. The highest BCUT2D eigenvalue weighted by molar-refractivity contribution is 5.98. The van der Waals surface area contributed by atoms with Crippen molar-refractivity contribution in [2.45, 2.75) is 31.8 Å². The Morgan fingerprint density at radius 2 is 1.88 bits per heavy atom. The molecule has 3 aromatic carbocycles. The van der Waals surface area contributed by atoms with Gasteiger partial charge in [-0.3, -0.25) is 9.59 Å². The minimum Gasteiger partial charge on any atom is -0.368 e. The molecule has 0 radical (unpaired) electrons. The van der Waals surface area contributed by atoms with E-state index in [1.807, 2.05) is 18.2 Å². The average Bonchev–Trinajstić information content (AvgIpc) is 3.21.